The van der Waals surface area contributed by atoms with E-state index in [9.17, 15) is 18.0 Å². The van der Waals surface area contributed by atoms with Crippen molar-refractivity contribution >= 4 is 34.4 Å². The molecule has 0 radical (unpaired) electrons. The Bertz CT molecular complexity index is 1460. The van der Waals surface area contributed by atoms with Crippen LogP contribution in [0.3, 0.4) is 0 Å². The first-order chi connectivity index (χ1) is 20.5. The minimum Gasteiger partial charge on any atom is -0.472 e. The number of carbonyl (C=O) groups excluding carboxylic acids is 1. The van der Waals surface area contributed by atoms with Gasteiger partial charge < -0.3 is 19.1 Å². The van der Waals surface area contributed by atoms with Gasteiger partial charge in [0.1, 0.15) is 34.5 Å². The van der Waals surface area contributed by atoms with Gasteiger partial charge in [-0.3, -0.25) is 14.5 Å². The number of alkyl halides is 3. The summed E-state index contributed by atoms with van der Waals surface area (Å²) in [4.78, 5) is 32.0. The zero-order valence-corrected chi connectivity index (χ0v) is 25.9. The minimum absolute atomic E-state index is 0.0581. The quantitative estimate of drug-likeness (QED) is 0.336. The van der Waals surface area contributed by atoms with Crippen LogP contribution < -0.4 is 14.4 Å². The molecule has 2 aromatic rings. The number of hydrogen-bond donors (Lipinski definition) is 0. The first kappa shape index (κ1) is 31.1. The molecule has 2 aromatic heterocycles. The van der Waals surface area contributed by atoms with Gasteiger partial charge in [-0.05, 0) is 60.9 Å². The van der Waals surface area contributed by atoms with Gasteiger partial charge >= 0.3 is 18.5 Å². The fourth-order valence-electron chi connectivity index (χ4n) is 7.09. The zero-order chi connectivity index (χ0) is 31.9. The second-order valence-electron chi connectivity index (χ2n) is 13.0. The molecule has 3 fully saturated rings. The van der Waals surface area contributed by atoms with E-state index < -0.39 is 59.4 Å². The highest BCUT2D eigenvalue weighted by Crippen LogP contribution is 2.46. The third-order valence-electron chi connectivity index (χ3n) is 8.73. The molecule has 0 aromatic carbocycles. The lowest BCUT2D eigenvalue weighted by molar-refractivity contribution is -0.340. The molecule has 0 saturated carbocycles. The summed E-state index contributed by atoms with van der Waals surface area (Å²) in [6.45, 7) is 9.40. The number of rotatable bonds is 4. The van der Waals surface area contributed by atoms with Crippen LogP contribution in [-0.4, -0.2) is 105 Å². The van der Waals surface area contributed by atoms with Gasteiger partial charge in [0, 0.05) is 19.1 Å². The Morgan fingerprint density at radius 1 is 1.14 bits per heavy atom. The molecule has 11 nitrogen and oxygen atoms in total. The highest BCUT2D eigenvalue weighted by Gasteiger charge is 2.54. The fourth-order valence-corrected chi connectivity index (χ4v) is 7.26. The van der Waals surface area contributed by atoms with E-state index in [1.165, 1.54) is 0 Å². The molecule has 4 aliphatic rings. The Morgan fingerprint density at radius 2 is 1.86 bits per heavy atom. The van der Waals surface area contributed by atoms with Crippen molar-refractivity contribution in [2.45, 2.75) is 108 Å². The number of carbonyl (C=O) groups is 1. The number of aromatic nitrogens is 3. The van der Waals surface area contributed by atoms with Crippen molar-refractivity contribution in [2.75, 3.05) is 25.0 Å². The number of halogens is 5. The van der Waals surface area contributed by atoms with Gasteiger partial charge in [-0.25, -0.2) is 9.18 Å². The highest BCUT2D eigenvalue weighted by atomic mass is 35.5. The predicted octanol–water partition coefficient (Wildman–Crippen LogP) is 4.93. The van der Waals surface area contributed by atoms with E-state index in [1.807, 2.05) is 32.6 Å². The third kappa shape index (κ3) is 5.66. The van der Waals surface area contributed by atoms with Crippen molar-refractivity contribution in [2.24, 2.45) is 0 Å². The average molecular weight is 647 g/mol. The van der Waals surface area contributed by atoms with Gasteiger partial charge in [-0.1, -0.05) is 11.6 Å². The van der Waals surface area contributed by atoms with Gasteiger partial charge in [0.05, 0.1) is 24.2 Å². The van der Waals surface area contributed by atoms with Crippen LogP contribution in [0.1, 0.15) is 53.9 Å². The topological polar surface area (TPSA) is 102 Å². The molecule has 4 aliphatic heterocycles. The number of hydrogen-bond acceptors (Lipinski definition) is 10. The number of nitrogens with zero attached hydrogens (tertiary/aromatic N) is 6. The first-order valence-electron chi connectivity index (χ1n) is 14.6. The van der Waals surface area contributed by atoms with Gasteiger partial charge in [0.2, 0.25) is 5.88 Å². The predicted molar refractivity (Wildman–Crippen MR) is 150 cm³/mol. The number of pyridine rings is 1. The fraction of sp³-hybridized carbons (Fsp3) is 0.714. The van der Waals surface area contributed by atoms with E-state index in [-0.39, 0.29) is 47.8 Å². The third-order valence-corrected chi connectivity index (χ3v) is 8.98. The van der Waals surface area contributed by atoms with Gasteiger partial charge in [0.25, 0.3) is 0 Å². The van der Waals surface area contributed by atoms with Crippen molar-refractivity contribution in [3.63, 3.8) is 0 Å². The maximum absolute atomic E-state index is 15.5. The lowest BCUT2D eigenvalue weighted by atomic mass is 9.98. The summed E-state index contributed by atoms with van der Waals surface area (Å²) in [5, 5.41) is -0.217. The maximum Gasteiger partial charge on any atom is 0.522 e. The van der Waals surface area contributed by atoms with Crippen molar-refractivity contribution < 1.29 is 41.3 Å². The SMILES string of the molecule is C[C@@H]1Oc2nc(Cl)c(F)c3nc(O[C@@H](C)[C@@H]4C[C@@H](OC(F)(F)F)CN4C)nc(c23)N2C[C@H]3CC[C@@H]([C@@H]12)N3C(=O)OC(C)(C)C. The van der Waals surface area contributed by atoms with Gasteiger partial charge in [0.15, 0.2) is 11.0 Å². The number of piperazine rings is 1. The summed E-state index contributed by atoms with van der Waals surface area (Å²) in [7, 11) is 1.68. The Labute approximate surface area is 256 Å². The molecule has 44 heavy (non-hydrogen) atoms. The monoisotopic (exact) mass is 646 g/mol. The molecule has 7 atom stereocenters. The van der Waals surface area contributed by atoms with Crippen molar-refractivity contribution in [3.05, 3.63) is 11.0 Å². The van der Waals surface area contributed by atoms with E-state index in [1.54, 1.807) is 23.8 Å². The lowest BCUT2D eigenvalue weighted by Gasteiger charge is -2.48. The summed E-state index contributed by atoms with van der Waals surface area (Å²) >= 11 is 6.18. The molecular formula is C28H35ClF4N6O5. The number of fused-ring (bicyclic) bond motifs is 5. The van der Waals surface area contributed by atoms with Gasteiger partial charge in [-0.15, -0.1) is 13.2 Å². The van der Waals surface area contributed by atoms with Crippen molar-refractivity contribution in [1.29, 1.82) is 0 Å². The smallest absolute Gasteiger partial charge is 0.472 e. The number of ether oxygens (including phenoxy) is 4. The Hall–Kier alpha value is -2.91. The van der Waals surface area contributed by atoms with E-state index in [4.69, 9.17) is 30.8 Å². The van der Waals surface area contributed by atoms with Crippen LogP contribution >= 0.6 is 11.6 Å². The average Bonchev–Trinajstić information content (AvgIpc) is 3.37. The second-order valence-corrected chi connectivity index (χ2v) is 13.3. The molecule has 0 unspecified atom stereocenters. The Balaban J connectivity index is 1.36. The number of likely N-dealkylation sites (tertiary alicyclic amines) is 1. The largest absolute Gasteiger partial charge is 0.522 e. The van der Waals surface area contributed by atoms with Crippen LogP contribution in [0.4, 0.5) is 28.2 Å². The van der Waals surface area contributed by atoms with Crippen LogP contribution in [-0.2, 0) is 9.47 Å². The van der Waals surface area contributed by atoms with Gasteiger partial charge in [-0.2, -0.15) is 15.0 Å². The second kappa shape index (κ2) is 10.9. The first-order valence-corrected chi connectivity index (χ1v) is 15.0. The lowest BCUT2D eigenvalue weighted by Crippen LogP contribution is -2.65. The summed E-state index contributed by atoms with van der Waals surface area (Å²) in [5.41, 5.74) is -0.832. The number of anilines is 1. The summed E-state index contributed by atoms with van der Waals surface area (Å²) < 4.78 is 76.5. The molecule has 0 aliphatic carbocycles. The number of likely N-dealkylation sites (N-methyl/N-ethyl adjacent to an activating group) is 1. The Kier molecular flexibility index (Phi) is 7.68. The molecule has 16 heteroatoms. The van der Waals surface area contributed by atoms with Crippen LogP contribution in [0.15, 0.2) is 0 Å². The van der Waals surface area contributed by atoms with Crippen LogP contribution in [0.25, 0.3) is 10.9 Å². The normalized spacial score (nSPS) is 29.3. The van der Waals surface area contributed by atoms with Crippen LogP contribution in [0, 0.1) is 5.82 Å². The van der Waals surface area contributed by atoms with Crippen LogP contribution in [0.5, 0.6) is 11.9 Å². The highest BCUT2D eigenvalue weighted by molar-refractivity contribution is 6.30. The standard InChI is InChI=1S/C28H35ClF4N6O5/c1-12(17-9-15(11-37(17)6)43-28(31,32)33)42-25-34-20-18-23(36-25)38-10-14-7-8-16(39(14)26(40)44-27(3,4)5)21(38)13(2)41-24(18)35-22(29)19(20)30/h12-17,21H,7-11H2,1-6H3/t12-,13-,14+,15+,16-,17-,21+/m0/s1. The van der Waals surface area contributed by atoms with E-state index in [0.29, 0.717) is 18.8 Å². The molecule has 6 heterocycles. The molecule has 6 rings (SSSR count). The van der Waals surface area contributed by atoms with Crippen molar-refractivity contribution in [1.82, 2.24) is 24.8 Å². The minimum atomic E-state index is -4.75. The summed E-state index contributed by atoms with van der Waals surface area (Å²) in [5.74, 6) is -0.498. The zero-order valence-electron chi connectivity index (χ0n) is 25.2. The molecular weight excluding hydrogens is 612 g/mol. The molecule has 1 amide bonds. The number of amides is 1. The maximum atomic E-state index is 15.5. The van der Waals surface area contributed by atoms with E-state index >= 15 is 4.39 Å². The van der Waals surface area contributed by atoms with Crippen LogP contribution in [0.2, 0.25) is 5.15 Å². The van der Waals surface area contributed by atoms with Crippen molar-refractivity contribution in [3.8, 4) is 11.9 Å². The Morgan fingerprint density at radius 3 is 2.55 bits per heavy atom. The van der Waals surface area contributed by atoms with E-state index in [0.717, 1.165) is 6.42 Å². The van der Waals surface area contributed by atoms with E-state index in [2.05, 4.69) is 14.7 Å². The molecule has 3 saturated heterocycles. The summed E-state index contributed by atoms with van der Waals surface area (Å²) in [6, 6.07) is -1.51. The summed E-state index contributed by atoms with van der Waals surface area (Å²) in [6.07, 6.45) is -5.92. The molecule has 0 spiro atoms. The molecule has 2 bridgehead atoms. The molecule has 0 N–H and O–H groups in total. The molecule has 242 valence electrons.